The quantitative estimate of drug-likeness (QED) is 0.916. The molecule has 1 aromatic rings. The maximum absolute atomic E-state index is 12.6. The van der Waals surface area contributed by atoms with E-state index in [1.807, 2.05) is 30.3 Å². The van der Waals surface area contributed by atoms with Crippen molar-refractivity contribution in [1.82, 2.24) is 4.90 Å². The fourth-order valence-electron chi connectivity index (χ4n) is 4.18. The molecule has 6 heteroatoms. The number of fused-ring (bicyclic) bond motifs is 1. The van der Waals surface area contributed by atoms with E-state index in [-0.39, 0.29) is 37.2 Å². The van der Waals surface area contributed by atoms with Gasteiger partial charge in [-0.2, -0.15) is 0 Å². The third kappa shape index (κ3) is 2.46. The Morgan fingerprint density at radius 3 is 2.67 bits per heavy atom. The van der Waals surface area contributed by atoms with Gasteiger partial charge in [-0.25, -0.2) is 9.59 Å². The Balaban J connectivity index is 1.81. The molecule has 3 atom stereocenters. The Labute approximate surface area is 140 Å². The van der Waals surface area contributed by atoms with Crippen molar-refractivity contribution in [3.8, 4) is 0 Å². The molecule has 0 spiro atoms. The van der Waals surface area contributed by atoms with Crippen molar-refractivity contribution < 1.29 is 24.2 Å². The van der Waals surface area contributed by atoms with Gasteiger partial charge in [-0.3, -0.25) is 9.69 Å². The number of hydrogen-bond donors (Lipinski definition) is 1. The van der Waals surface area contributed by atoms with Gasteiger partial charge in [0.05, 0.1) is 0 Å². The van der Waals surface area contributed by atoms with E-state index in [1.165, 1.54) is 4.90 Å². The molecule has 1 amide bonds. The van der Waals surface area contributed by atoms with Crippen molar-refractivity contribution in [2.45, 2.75) is 38.3 Å². The van der Waals surface area contributed by atoms with Gasteiger partial charge in [-0.15, -0.1) is 0 Å². The number of carboxylic acid groups (broad SMARTS) is 1. The molecule has 0 radical (unpaired) electrons. The molecule has 1 aliphatic carbocycles. The molecule has 3 rings (SSSR count). The third-order valence-corrected chi connectivity index (χ3v) is 5.41. The fraction of sp³-hybridized carbons (Fsp3) is 0.500. The van der Waals surface area contributed by atoms with E-state index >= 15 is 0 Å². The highest BCUT2D eigenvalue weighted by Gasteiger charge is 2.63. The van der Waals surface area contributed by atoms with Crippen molar-refractivity contribution in [2.75, 3.05) is 6.54 Å². The summed E-state index contributed by atoms with van der Waals surface area (Å²) in [5.41, 5.74) is -0.510. The van der Waals surface area contributed by atoms with E-state index in [0.717, 1.165) is 5.56 Å². The van der Waals surface area contributed by atoms with Gasteiger partial charge in [0, 0.05) is 24.8 Å². The summed E-state index contributed by atoms with van der Waals surface area (Å²) in [6.07, 6.45) is 0.519. The summed E-state index contributed by atoms with van der Waals surface area (Å²) in [6.45, 7) is 1.97. The van der Waals surface area contributed by atoms with Crippen LogP contribution in [0.15, 0.2) is 30.3 Å². The van der Waals surface area contributed by atoms with Gasteiger partial charge in [-0.1, -0.05) is 37.3 Å². The first-order chi connectivity index (χ1) is 11.5. The van der Waals surface area contributed by atoms with Crippen LogP contribution in [0.4, 0.5) is 4.79 Å². The summed E-state index contributed by atoms with van der Waals surface area (Å²) in [5, 5.41) is 9.84. The highest BCUT2D eigenvalue weighted by atomic mass is 16.6. The molecule has 0 bridgehead atoms. The van der Waals surface area contributed by atoms with E-state index < -0.39 is 17.6 Å². The molecule has 1 aromatic carbocycles. The maximum Gasteiger partial charge on any atom is 0.411 e. The number of Topliss-reactive ketones (excluding diaryl/α,β-unsaturated/α-hetero) is 1. The maximum atomic E-state index is 12.6. The van der Waals surface area contributed by atoms with Crippen LogP contribution in [0.25, 0.3) is 0 Å². The Hall–Kier alpha value is -2.37. The first-order valence-corrected chi connectivity index (χ1v) is 8.25. The molecule has 2 fully saturated rings. The van der Waals surface area contributed by atoms with Gasteiger partial charge in [0.15, 0.2) is 0 Å². The van der Waals surface area contributed by atoms with E-state index in [1.54, 1.807) is 6.92 Å². The summed E-state index contributed by atoms with van der Waals surface area (Å²) in [7, 11) is 0. The zero-order valence-electron chi connectivity index (χ0n) is 13.6. The van der Waals surface area contributed by atoms with Crippen molar-refractivity contribution in [3.63, 3.8) is 0 Å². The molecule has 1 saturated heterocycles. The molecular weight excluding hydrogens is 310 g/mol. The molecule has 1 saturated carbocycles. The van der Waals surface area contributed by atoms with E-state index in [0.29, 0.717) is 12.8 Å². The van der Waals surface area contributed by atoms with Crippen LogP contribution in [0, 0.1) is 11.8 Å². The summed E-state index contributed by atoms with van der Waals surface area (Å²) < 4.78 is 5.33. The predicted molar refractivity (Wildman–Crippen MR) is 85.2 cm³/mol. The molecule has 2 aliphatic rings. The van der Waals surface area contributed by atoms with E-state index in [4.69, 9.17) is 4.74 Å². The van der Waals surface area contributed by atoms with Crippen LogP contribution in [0.1, 0.15) is 31.7 Å². The van der Waals surface area contributed by atoms with Gasteiger partial charge in [0.2, 0.25) is 0 Å². The molecule has 24 heavy (non-hydrogen) atoms. The van der Waals surface area contributed by atoms with Crippen LogP contribution in [0.5, 0.6) is 0 Å². The van der Waals surface area contributed by atoms with Gasteiger partial charge < -0.3 is 9.84 Å². The average molecular weight is 331 g/mol. The number of carbonyl (C=O) groups excluding carboxylic acids is 2. The summed E-state index contributed by atoms with van der Waals surface area (Å²) in [5.74, 6) is -1.71. The molecule has 1 heterocycles. The zero-order valence-corrected chi connectivity index (χ0v) is 13.6. The monoisotopic (exact) mass is 331 g/mol. The lowest BCUT2D eigenvalue weighted by molar-refractivity contribution is -0.151. The first kappa shape index (κ1) is 16.5. The molecule has 128 valence electrons. The molecule has 1 aliphatic heterocycles. The standard InChI is InChI=1S/C18H21NO5/c1-2-18(16(21)22)14-8-9-15(20)13(14)10-19(18)17(23)24-11-12-6-4-3-5-7-12/h3-7,13-14H,2,8-11H2,1H3,(H,21,22)/t13-,14-,18-/m0/s1. The van der Waals surface area contributed by atoms with Crippen molar-refractivity contribution in [2.24, 2.45) is 11.8 Å². The highest BCUT2D eigenvalue weighted by molar-refractivity contribution is 5.92. The van der Waals surface area contributed by atoms with Crippen molar-refractivity contribution in [3.05, 3.63) is 35.9 Å². The fourth-order valence-corrected chi connectivity index (χ4v) is 4.18. The normalized spacial score (nSPS) is 28.7. The minimum Gasteiger partial charge on any atom is -0.479 e. The smallest absolute Gasteiger partial charge is 0.411 e. The number of nitrogens with zero attached hydrogens (tertiary/aromatic N) is 1. The lowest BCUT2D eigenvalue weighted by atomic mass is 9.79. The zero-order chi connectivity index (χ0) is 17.3. The molecular formula is C18H21NO5. The van der Waals surface area contributed by atoms with E-state index in [2.05, 4.69) is 0 Å². The Morgan fingerprint density at radius 2 is 2.04 bits per heavy atom. The molecule has 0 unspecified atom stereocenters. The number of aliphatic carboxylic acids is 1. The summed E-state index contributed by atoms with van der Waals surface area (Å²) >= 11 is 0. The molecule has 1 N–H and O–H groups in total. The topological polar surface area (TPSA) is 83.9 Å². The van der Waals surface area contributed by atoms with Crippen molar-refractivity contribution >= 4 is 17.8 Å². The van der Waals surface area contributed by atoms with Crippen LogP contribution >= 0.6 is 0 Å². The number of carboxylic acids is 1. The number of carbonyl (C=O) groups is 3. The Kier molecular flexibility index (Phi) is 4.30. The molecule has 0 aromatic heterocycles. The number of benzene rings is 1. The largest absolute Gasteiger partial charge is 0.479 e. The number of hydrogen-bond acceptors (Lipinski definition) is 4. The summed E-state index contributed by atoms with van der Waals surface area (Å²) in [6, 6.07) is 9.22. The van der Waals surface area contributed by atoms with Gasteiger partial charge in [-0.05, 0) is 18.4 Å². The molecule has 6 nitrogen and oxygen atoms in total. The second kappa shape index (κ2) is 6.26. The van der Waals surface area contributed by atoms with Gasteiger partial charge in [0.25, 0.3) is 0 Å². The van der Waals surface area contributed by atoms with Crippen LogP contribution in [-0.2, 0) is 20.9 Å². The second-order valence-corrected chi connectivity index (χ2v) is 6.45. The SMILES string of the molecule is CC[C@@]1(C(=O)O)[C@H]2CCC(=O)[C@H]2CN1C(=O)OCc1ccccc1. The first-order valence-electron chi connectivity index (χ1n) is 8.25. The third-order valence-electron chi connectivity index (χ3n) is 5.41. The lowest BCUT2D eigenvalue weighted by Gasteiger charge is -2.36. The number of ketones is 1. The number of likely N-dealkylation sites (tertiary alicyclic amines) is 1. The summed E-state index contributed by atoms with van der Waals surface area (Å²) in [4.78, 5) is 37.9. The van der Waals surface area contributed by atoms with Crippen LogP contribution < -0.4 is 0 Å². The second-order valence-electron chi connectivity index (χ2n) is 6.45. The van der Waals surface area contributed by atoms with Gasteiger partial charge >= 0.3 is 12.1 Å². The Morgan fingerprint density at radius 1 is 1.33 bits per heavy atom. The van der Waals surface area contributed by atoms with Crippen LogP contribution in [0.3, 0.4) is 0 Å². The minimum atomic E-state index is -1.34. The van der Waals surface area contributed by atoms with Crippen molar-refractivity contribution in [1.29, 1.82) is 0 Å². The number of ether oxygens (including phenoxy) is 1. The average Bonchev–Trinajstić information content (AvgIpc) is 3.11. The minimum absolute atomic E-state index is 0.0532. The van der Waals surface area contributed by atoms with Crippen LogP contribution in [0.2, 0.25) is 0 Å². The van der Waals surface area contributed by atoms with E-state index in [9.17, 15) is 19.5 Å². The lowest BCUT2D eigenvalue weighted by Crippen LogP contribution is -2.56. The predicted octanol–water partition coefficient (Wildman–Crippen LogP) is 2.47. The Bertz CT molecular complexity index is 659. The number of amides is 1. The van der Waals surface area contributed by atoms with Gasteiger partial charge in [0.1, 0.15) is 17.9 Å². The number of rotatable bonds is 4. The highest BCUT2D eigenvalue weighted by Crippen LogP contribution is 2.49. The van der Waals surface area contributed by atoms with Crippen LogP contribution in [-0.4, -0.2) is 39.9 Å².